The van der Waals surface area contributed by atoms with Gasteiger partial charge in [0.05, 0.1) is 23.0 Å². The highest BCUT2D eigenvalue weighted by atomic mass is 32.2. The molecule has 3 N–H and O–H groups in total. The van der Waals surface area contributed by atoms with Gasteiger partial charge >= 0.3 is 0 Å². The van der Waals surface area contributed by atoms with Gasteiger partial charge in [0.25, 0.3) is 5.69 Å². The first-order valence-electron chi connectivity index (χ1n) is 9.67. The van der Waals surface area contributed by atoms with Gasteiger partial charge in [0.15, 0.2) is 5.96 Å². The molecule has 0 aromatic heterocycles. The number of morpholine rings is 1. The normalized spacial score (nSPS) is 16.3. The van der Waals surface area contributed by atoms with Crippen LogP contribution in [0, 0.1) is 10.1 Å². The highest BCUT2D eigenvalue weighted by Gasteiger charge is 2.28. The fourth-order valence-electron chi connectivity index (χ4n) is 3.01. The Morgan fingerprint density at radius 2 is 1.97 bits per heavy atom. The lowest BCUT2D eigenvalue weighted by Crippen LogP contribution is -2.56. The summed E-state index contributed by atoms with van der Waals surface area (Å²) in [5, 5.41) is 17.2. The van der Waals surface area contributed by atoms with Gasteiger partial charge in [0, 0.05) is 57.4 Å². The molecule has 1 aliphatic rings. The van der Waals surface area contributed by atoms with Crippen LogP contribution in [-0.2, 0) is 14.8 Å². The highest BCUT2D eigenvalue weighted by Crippen LogP contribution is 2.17. The first kappa shape index (κ1) is 24.0. The molecule has 0 unspecified atom stereocenters. The molecule has 0 bridgehead atoms. The molecule has 1 saturated heterocycles. The van der Waals surface area contributed by atoms with Gasteiger partial charge in [-0.25, -0.2) is 13.1 Å². The van der Waals surface area contributed by atoms with Crippen molar-refractivity contribution >= 4 is 21.7 Å². The van der Waals surface area contributed by atoms with Crippen LogP contribution in [0.4, 0.5) is 5.69 Å². The number of rotatable bonds is 9. The Bertz CT molecular complexity index is 852. The molecule has 0 amide bonds. The van der Waals surface area contributed by atoms with Gasteiger partial charge in [0.1, 0.15) is 0 Å². The quantitative estimate of drug-likeness (QED) is 0.162. The summed E-state index contributed by atoms with van der Waals surface area (Å²) in [6, 6.07) is 4.93. The molecule has 11 nitrogen and oxygen atoms in total. The molecular formula is C18H30N6O5S. The van der Waals surface area contributed by atoms with Gasteiger partial charge < -0.3 is 15.4 Å². The predicted octanol–water partition coefficient (Wildman–Crippen LogP) is 0.149. The third kappa shape index (κ3) is 6.90. The Balaban J connectivity index is 1.80. The number of benzene rings is 1. The summed E-state index contributed by atoms with van der Waals surface area (Å²) < 4.78 is 32.5. The molecule has 0 atom stereocenters. The van der Waals surface area contributed by atoms with E-state index < -0.39 is 14.9 Å². The summed E-state index contributed by atoms with van der Waals surface area (Å²) in [7, 11) is -2.20. The summed E-state index contributed by atoms with van der Waals surface area (Å²) in [5.74, 6) is 0.561. The minimum absolute atomic E-state index is 0.0922. The molecule has 2 rings (SSSR count). The third-order valence-corrected chi connectivity index (χ3v) is 6.29. The van der Waals surface area contributed by atoms with Crippen molar-refractivity contribution in [3.8, 4) is 0 Å². The second-order valence-corrected chi connectivity index (χ2v) is 9.18. The van der Waals surface area contributed by atoms with Gasteiger partial charge in [0.2, 0.25) is 10.0 Å². The minimum Gasteiger partial charge on any atom is -0.379 e. The van der Waals surface area contributed by atoms with Crippen LogP contribution in [0.1, 0.15) is 13.8 Å². The van der Waals surface area contributed by atoms with Crippen molar-refractivity contribution in [1.82, 2.24) is 20.3 Å². The largest absolute Gasteiger partial charge is 0.379 e. The number of aliphatic imine (C=N–C) groups is 1. The van der Waals surface area contributed by atoms with Crippen LogP contribution < -0.4 is 15.4 Å². The predicted molar refractivity (Wildman–Crippen MR) is 114 cm³/mol. The van der Waals surface area contributed by atoms with E-state index in [9.17, 15) is 18.5 Å². The molecule has 0 radical (unpaired) electrons. The van der Waals surface area contributed by atoms with E-state index in [1.807, 2.05) is 0 Å². The van der Waals surface area contributed by atoms with Crippen molar-refractivity contribution in [2.24, 2.45) is 4.99 Å². The number of nitrogens with zero attached hydrogens (tertiary/aromatic N) is 3. The van der Waals surface area contributed by atoms with Crippen LogP contribution in [0.25, 0.3) is 0 Å². The SMILES string of the molecule is CN=C(NCCNS(=O)(=O)c1cccc([N+](=O)[O-])c1)NCC(C)(C)N1CCOCC1. The van der Waals surface area contributed by atoms with E-state index in [4.69, 9.17) is 4.74 Å². The van der Waals surface area contributed by atoms with E-state index in [0.717, 1.165) is 32.4 Å². The first-order chi connectivity index (χ1) is 14.2. The average molecular weight is 443 g/mol. The number of nitrogens with one attached hydrogen (secondary N) is 3. The summed E-state index contributed by atoms with van der Waals surface area (Å²) >= 11 is 0. The number of hydrogen-bond acceptors (Lipinski definition) is 7. The second kappa shape index (κ2) is 10.7. The van der Waals surface area contributed by atoms with Crippen LogP contribution in [-0.4, -0.2) is 82.7 Å². The Hall–Kier alpha value is -2.28. The monoisotopic (exact) mass is 442 g/mol. The van der Waals surface area contributed by atoms with Crippen molar-refractivity contribution in [2.75, 3.05) is 53.0 Å². The smallest absolute Gasteiger partial charge is 0.270 e. The van der Waals surface area contributed by atoms with Crippen LogP contribution in [0.15, 0.2) is 34.2 Å². The van der Waals surface area contributed by atoms with Crippen molar-refractivity contribution in [3.05, 3.63) is 34.4 Å². The summed E-state index contributed by atoms with van der Waals surface area (Å²) in [5.41, 5.74) is -0.367. The maximum atomic E-state index is 12.3. The van der Waals surface area contributed by atoms with Gasteiger partial charge in [-0.2, -0.15) is 0 Å². The van der Waals surface area contributed by atoms with Gasteiger partial charge in [-0.3, -0.25) is 20.0 Å². The zero-order valence-electron chi connectivity index (χ0n) is 17.6. The Kier molecular flexibility index (Phi) is 8.53. The molecule has 0 saturated carbocycles. The molecular weight excluding hydrogens is 412 g/mol. The van der Waals surface area contributed by atoms with Crippen molar-refractivity contribution in [1.29, 1.82) is 0 Å². The lowest BCUT2D eigenvalue weighted by molar-refractivity contribution is -0.385. The summed E-state index contributed by atoms with van der Waals surface area (Å²) in [6.45, 7) is 8.54. The maximum absolute atomic E-state index is 12.3. The highest BCUT2D eigenvalue weighted by molar-refractivity contribution is 7.89. The molecule has 1 heterocycles. The topological polar surface area (TPSA) is 138 Å². The number of nitro benzene ring substituents is 1. The fraction of sp³-hybridized carbons (Fsp3) is 0.611. The molecule has 168 valence electrons. The number of nitro groups is 1. The molecule has 1 aromatic rings. The standard InChI is InChI=1S/C18H30N6O5S/c1-18(2,23-9-11-29-12-10-23)14-21-17(19-3)20-7-8-22-30(27,28)16-6-4-5-15(13-16)24(25)26/h4-6,13,22H,7-12,14H2,1-3H3,(H2,19,20,21). The van der Waals surface area contributed by atoms with E-state index in [-0.39, 0.29) is 22.7 Å². The minimum atomic E-state index is -3.84. The van der Waals surface area contributed by atoms with Crippen molar-refractivity contribution in [2.45, 2.75) is 24.3 Å². The number of guanidine groups is 1. The van der Waals surface area contributed by atoms with E-state index in [0.29, 0.717) is 19.0 Å². The molecule has 30 heavy (non-hydrogen) atoms. The molecule has 1 fully saturated rings. The zero-order valence-corrected chi connectivity index (χ0v) is 18.4. The number of hydrogen-bond donors (Lipinski definition) is 3. The molecule has 0 spiro atoms. The van der Waals surface area contributed by atoms with Gasteiger partial charge in [-0.05, 0) is 19.9 Å². The fourth-order valence-corrected chi connectivity index (χ4v) is 4.09. The van der Waals surface area contributed by atoms with E-state index >= 15 is 0 Å². The van der Waals surface area contributed by atoms with E-state index in [1.54, 1.807) is 7.05 Å². The van der Waals surface area contributed by atoms with E-state index in [2.05, 4.69) is 39.1 Å². The number of sulfonamides is 1. The lowest BCUT2D eigenvalue weighted by atomic mass is 10.0. The summed E-state index contributed by atoms with van der Waals surface area (Å²) in [4.78, 5) is 16.6. The molecule has 0 aliphatic carbocycles. The lowest BCUT2D eigenvalue weighted by Gasteiger charge is -2.41. The zero-order chi connectivity index (χ0) is 22.2. The van der Waals surface area contributed by atoms with Gasteiger partial charge in [-0.15, -0.1) is 0 Å². The van der Waals surface area contributed by atoms with Crippen LogP contribution in [0.5, 0.6) is 0 Å². The van der Waals surface area contributed by atoms with Crippen LogP contribution >= 0.6 is 0 Å². The molecule has 1 aromatic carbocycles. The third-order valence-electron chi connectivity index (χ3n) is 4.83. The maximum Gasteiger partial charge on any atom is 0.270 e. The van der Waals surface area contributed by atoms with E-state index in [1.165, 1.54) is 18.2 Å². The van der Waals surface area contributed by atoms with Crippen LogP contribution in [0.3, 0.4) is 0 Å². The van der Waals surface area contributed by atoms with Crippen molar-refractivity contribution < 1.29 is 18.1 Å². The van der Waals surface area contributed by atoms with Crippen molar-refractivity contribution in [3.63, 3.8) is 0 Å². The Morgan fingerprint density at radius 1 is 1.27 bits per heavy atom. The summed E-state index contributed by atoms with van der Waals surface area (Å²) in [6.07, 6.45) is 0. The second-order valence-electron chi connectivity index (χ2n) is 7.42. The Morgan fingerprint density at radius 3 is 2.60 bits per heavy atom. The first-order valence-corrected chi connectivity index (χ1v) is 11.2. The average Bonchev–Trinajstić information content (AvgIpc) is 2.74. The van der Waals surface area contributed by atoms with Gasteiger partial charge in [-0.1, -0.05) is 6.07 Å². The molecule has 12 heteroatoms. The molecule has 1 aliphatic heterocycles. The number of non-ortho nitro benzene ring substituents is 1. The van der Waals surface area contributed by atoms with Crippen LogP contribution in [0.2, 0.25) is 0 Å². The Labute approximate surface area is 177 Å². The number of ether oxygens (including phenoxy) is 1.